The maximum absolute atomic E-state index is 10.6. The van der Waals surface area contributed by atoms with E-state index in [1.54, 1.807) is 6.92 Å². The summed E-state index contributed by atoms with van der Waals surface area (Å²) in [5, 5.41) is 19.9. The molecule has 0 unspecified atom stereocenters. The highest BCUT2D eigenvalue weighted by atomic mass is 16.6. The average molecular weight is 224 g/mol. The Balaban J connectivity index is 3.16. The van der Waals surface area contributed by atoms with Crippen LogP contribution in [-0.4, -0.2) is 29.6 Å². The van der Waals surface area contributed by atoms with Gasteiger partial charge in [0.1, 0.15) is 0 Å². The lowest BCUT2D eigenvalue weighted by molar-refractivity contribution is -0.385. The van der Waals surface area contributed by atoms with E-state index >= 15 is 0 Å². The van der Waals surface area contributed by atoms with E-state index in [9.17, 15) is 15.2 Å². The van der Waals surface area contributed by atoms with E-state index in [4.69, 9.17) is 4.74 Å². The van der Waals surface area contributed by atoms with Gasteiger partial charge in [-0.1, -0.05) is 0 Å². The number of phenolic OH excluding ortho intramolecular Hbond substituents is 1. The molecule has 1 aromatic rings. The second-order valence-electron chi connectivity index (χ2n) is 2.92. The van der Waals surface area contributed by atoms with Crippen molar-refractivity contribution in [2.45, 2.75) is 6.92 Å². The summed E-state index contributed by atoms with van der Waals surface area (Å²) in [5.41, 5.74) is 0.104. The second-order valence-corrected chi connectivity index (χ2v) is 2.92. The summed E-state index contributed by atoms with van der Waals surface area (Å²) >= 11 is 0. The molecule has 0 aliphatic heterocycles. The summed E-state index contributed by atoms with van der Waals surface area (Å²) in [6, 6.07) is 3.99. The summed E-state index contributed by atoms with van der Waals surface area (Å²) in [4.78, 5) is 13.8. The van der Waals surface area contributed by atoms with E-state index < -0.39 is 4.92 Å². The Bertz CT molecular complexity index is 429. The molecule has 86 valence electrons. The van der Waals surface area contributed by atoms with Gasteiger partial charge in [0.05, 0.1) is 11.5 Å². The van der Waals surface area contributed by atoms with E-state index in [0.29, 0.717) is 18.1 Å². The molecule has 0 aliphatic carbocycles. The van der Waals surface area contributed by atoms with E-state index in [0.717, 1.165) is 0 Å². The van der Waals surface area contributed by atoms with Gasteiger partial charge in [-0.15, -0.1) is 0 Å². The molecule has 0 bridgehead atoms. The van der Waals surface area contributed by atoms with Gasteiger partial charge in [-0.2, -0.15) is 0 Å². The van der Waals surface area contributed by atoms with Crippen LogP contribution in [0.3, 0.4) is 0 Å². The van der Waals surface area contributed by atoms with Crippen LogP contribution in [0.5, 0.6) is 5.75 Å². The predicted octanol–water partition coefficient (Wildman–Crippen LogP) is 1.71. The van der Waals surface area contributed by atoms with Crippen molar-refractivity contribution < 1.29 is 14.8 Å². The molecule has 0 saturated heterocycles. The van der Waals surface area contributed by atoms with Crippen molar-refractivity contribution in [3.63, 3.8) is 0 Å². The average Bonchev–Trinajstić information content (AvgIpc) is 2.26. The molecule has 1 aromatic carbocycles. The number of phenols is 1. The Morgan fingerprint density at radius 2 is 2.31 bits per heavy atom. The predicted molar refractivity (Wildman–Crippen MR) is 58.8 cm³/mol. The fraction of sp³-hybridized carbons (Fsp3) is 0.300. The third-order valence-corrected chi connectivity index (χ3v) is 1.90. The molecular weight excluding hydrogens is 212 g/mol. The van der Waals surface area contributed by atoms with Gasteiger partial charge in [0.2, 0.25) is 5.90 Å². The zero-order valence-electron chi connectivity index (χ0n) is 9.01. The number of hydrogen-bond acceptors (Lipinski definition) is 5. The summed E-state index contributed by atoms with van der Waals surface area (Å²) < 4.78 is 5.20. The first-order valence-electron chi connectivity index (χ1n) is 4.67. The third-order valence-electron chi connectivity index (χ3n) is 1.90. The number of rotatable bonds is 3. The minimum absolute atomic E-state index is 0.311. The van der Waals surface area contributed by atoms with Crippen LogP contribution in [0.4, 0.5) is 5.69 Å². The molecule has 16 heavy (non-hydrogen) atoms. The SMILES string of the molecule is CCOC(=NC)c1ccc(O)c([N+](=O)[O-])c1. The maximum atomic E-state index is 10.6. The van der Waals surface area contributed by atoms with Crippen molar-refractivity contribution in [3.8, 4) is 5.75 Å². The number of hydrogen-bond donors (Lipinski definition) is 1. The largest absolute Gasteiger partial charge is 0.502 e. The molecule has 0 saturated carbocycles. The molecule has 0 amide bonds. The molecule has 1 rings (SSSR count). The highest BCUT2D eigenvalue weighted by Gasteiger charge is 2.16. The van der Waals surface area contributed by atoms with Crippen LogP contribution < -0.4 is 0 Å². The number of nitro benzene ring substituents is 1. The molecule has 6 heteroatoms. The van der Waals surface area contributed by atoms with Crippen molar-refractivity contribution in [3.05, 3.63) is 33.9 Å². The van der Waals surface area contributed by atoms with Gasteiger partial charge in [0.15, 0.2) is 5.75 Å². The first-order chi connectivity index (χ1) is 7.60. The van der Waals surface area contributed by atoms with Gasteiger partial charge in [-0.05, 0) is 19.1 Å². The molecule has 0 aromatic heterocycles. The highest BCUT2D eigenvalue weighted by molar-refractivity contribution is 5.95. The number of nitro groups is 1. The molecular formula is C10H12N2O4. The van der Waals surface area contributed by atoms with Crippen LogP contribution in [0.1, 0.15) is 12.5 Å². The quantitative estimate of drug-likeness (QED) is 0.366. The molecule has 0 heterocycles. The van der Waals surface area contributed by atoms with Gasteiger partial charge in [0.25, 0.3) is 0 Å². The first kappa shape index (κ1) is 12.0. The summed E-state index contributed by atoms with van der Waals surface area (Å²) in [5.74, 6) is -0.0636. The molecule has 0 radical (unpaired) electrons. The Kier molecular flexibility index (Phi) is 3.82. The van der Waals surface area contributed by atoms with Crippen LogP contribution in [0.25, 0.3) is 0 Å². The van der Waals surface area contributed by atoms with Gasteiger partial charge in [-0.3, -0.25) is 15.1 Å². The summed E-state index contributed by atoms with van der Waals surface area (Å²) in [6.07, 6.45) is 0. The number of aromatic hydroxyl groups is 1. The topological polar surface area (TPSA) is 85.0 Å². The Labute approximate surface area is 92.3 Å². The molecule has 0 atom stereocenters. The number of ether oxygens (including phenoxy) is 1. The fourth-order valence-electron chi connectivity index (χ4n) is 1.22. The fourth-order valence-corrected chi connectivity index (χ4v) is 1.22. The van der Waals surface area contributed by atoms with Crippen molar-refractivity contribution >= 4 is 11.6 Å². The van der Waals surface area contributed by atoms with E-state index in [1.165, 1.54) is 25.2 Å². The minimum Gasteiger partial charge on any atom is -0.502 e. The molecule has 6 nitrogen and oxygen atoms in total. The monoisotopic (exact) mass is 224 g/mol. The zero-order valence-corrected chi connectivity index (χ0v) is 9.01. The van der Waals surface area contributed by atoms with E-state index in [-0.39, 0.29) is 11.4 Å². The Morgan fingerprint density at radius 3 is 2.81 bits per heavy atom. The second kappa shape index (κ2) is 5.11. The van der Waals surface area contributed by atoms with E-state index in [1.807, 2.05) is 0 Å². The van der Waals surface area contributed by atoms with Crippen LogP contribution in [0.2, 0.25) is 0 Å². The zero-order chi connectivity index (χ0) is 12.1. The summed E-state index contributed by atoms with van der Waals surface area (Å²) in [6.45, 7) is 2.21. The normalized spacial score (nSPS) is 11.2. The van der Waals surface area contributed by atoms with E-state index in [2.05, 4.69) is 4.99 Å². The number of aliphatic imine (C=N–C) groups is 1. The highest BCUT2D eigenvalue weighted by Crippen LogP contribution is 2.26. The van der Waals surface area contributed by atoms with Crippen molar-refractivity contribution in [1.82, 2.24) is 0 Å². The van der Waals surface area contributed by atoms with Gasteiger partial charge < -0.3 is 9.84 Å². The van der Waals surface area contributed by atoms with Crippen LogP contribution in [0.15, 0.2) is 23.2 Å². The third kappa shape index (κ3) is 2.47. The van der Waals surface area contributed by atoms with Gasteiger partial charge in [0, 0.05) is 18.7 Å². The van der Waals surface area contributed by atoms with Gasteiger partial charge in [-0.25, -0.2) is 0 Å². The Hall–Kier alpha value is -2.11. The van der Waals surface area contributed by atoms with Crippen molar-refractivity contribution in [1.29, 1.82) is 0 Å². The molecule has 1 N–H and O–H groups in total. The lowest BCUT2D eigenvalue weighted by Crippen LogP contribution is -2.06. The summed E-state index contributed by atoms with van der Waals surface area (Å²) in [7, 11) is 1.53. The molecule has 0 spiro atoms. The minimum atomic E-state index is -0.655. The van der Waals surface area contributed by atoms with Crippen molar-refractivity contribution in [2.75, 3.05) is 13.7 Å². The smallest absolute Gasteiger partial charge is 0.311 e. The van der Waals surface area contributed by atoms with Crippen molar-refractivity contribution in [2.24, 2.45) is 4.99 Å². The van der Waals surface area contributed by atoms with Crippen LogP contribution >= 0.6 is 0 Å². The molecule has 0 aliphatic rings. The lowest BCUT2D eigenvalue weighted by atomic mass is 10.2. The Morgan fingerprint density at radius 1 is 1.62 bits per heavy atom. The first-order valence-corrected chi connectivity index (χ1v) is 4.67. The van der Waals surface area contributed by atoms with Crippen LogP contribution in [0, 0.1) is 10.1 Å². The standard InChI is InChI=1S/C10H12N2O4/c1-3-16-10(11-2)7-4-5-9(13)8(6-7)12(14)15/h4-6,13H,3H2,1-2H3. The number of nitrogens with zero attached hydrogens (tertiary/aromatic N) is 2. The van der Waals surface area contributed by atoms with Crippen LogP contribution in [-0.2, 0) is 4.74 Å². The molecule has 0 fully saturated rings. The van der Waals surface area contributed by atoms with Gasteiger partial charge >= 0.3 is 5.69 Å². The maximum Gasteiger partial charge on any atom is 0.311 e. The lowest BCUT2D eigenvalue weighted by Gasteiger charge is -2.06. The number of benzene rings is 1.